The van der Waals surface area contributed by atoms with E-state index >= 15 is 0 Å². The first-order valence-corrected chi connectivity index (χ1v) is 4.94. The number of pyridine rings is 1. The normalized spacial score (nSPS) is 10.5. The van der Waals surface area contributed by atoms with Gasteiger partial charge >= 0.3 is 0 Å². The van der Waals surface area contributed by atoms with E-state index in [2.05, 4.69) is 11.6 Å². The molecular weight excluding hydrogens is 186 g/mol. The SMILES string of the molecule is C=CCc1ccc(CO)c2cccnc12. The van der Waals surface area contributed by atoms with Gasteiger partial charge in [0.05, 0.1) is 12.1 Å². The van der Waals surface area contributed by atoms with Gasteiger partial charge in [0.25, 0.3) is 0 Å². The van der Waals surface area contributed by atoms with Gasteiger partial charge in [0.2, 0.25) is 0 Å². The topological polar surface area (TPSA) is 33.1 Å². The zero-order valence-corrected chi connectivity index (χ0v) is 8.48. The van der Waals surface area contributed by atoms with Crippen LogP contribution in [-0.2, 0) is 13.0 Å². The molecule has 0 saturated carbocycles. The first-order valence-electron chi connectivity index (χ1n) is 4.94. The second-order valence-corrected chi connectivity index (χ2v) is 3.43. The molecule has 2 rings (SSSR count). The average molecular weight is 199 g/mol. The molecule has 1 heterocycles. The maximum absolute atomic E-state index is 9.21. The second kappa shape index (κ2) is 4.24. The van der Waals surface area contributed by atoms with Gasteiger partial charge in [-0.3, -0.25) is 4.98 Å². The Labute approximate surface area is 88.9 Å². The summed E-state index contributed by atoms with van der Waals surface area (Å²) in [4.78, 5) is 4.35. The highest BCUT2D eigenvalue weighted by molar-refractivity contribution is 5.85. The zero-order valence-electron chi connectivity index (χ0n) is 8.48. The predicted molar refractivity (Wildman–Crippen MR) is 61.6 cm³/mol. The summed E-state index contributed by atoms with van der Waals surface area (Å²) < 4.78 is 0. The van der Waals surface area contributed by atoms with E-state index in [1.807, 2.05) is 30.3 Å². The number of rotatable bonds is 3. The Balaban J connectivity index is 2.71. The lowest BCUT2D eigenvalue weighted by atomic mass is 10.0. The molecular formula is C13H13NO. The Morgan fingerprint density at radius 2 is 2.07 bits per heavy atom. The largest absolute Gasteiger partial charge is 0.392 e. The van der Waals surface area contributed by atoms with Crippen molar-refractivity contribution in [3.8, 4) is 0 Å². The van der Waals surface area contributed by atoms with Gasteiger partial charge in [-0.15, -0.1) is 6.58 Å². The third-order valence-corrected chi connectivity index (χ3v) is 2.48. The quantitative estimate of drug-likeness (QED) is 0.770. The van der Waals surface area contributed by atoms with Crippen molar-refractivity contribution in [2.45, 2.75) is 13.0 Å². The smallest absolute Gasteiger partial charge is 0.0740 e. The molecule has 0 atom stereocenters. The van der Waals surface area contributed by atoms with Crippen LogP contribution in [0.2, 0.25) is 0 Å². The predicted octanol–water partition coefficient (Wildman–Crippen LogP) is 2.46. The summed E-state index contributed by atoms with van der Waals surface area (Å²) in [5.41, 5.74) is 3.03. The molecule has 0 aliphatic rings. The summed E-state index contributed by atoms with van der Waals surface area (Å²) >= 11 is 0. The van der Waals surface area contributed by atoms with Crippen LogP contribution in [0.25, 0.3) is 10.9 Å². The molecule has 0 aliphatic carbocycles. The van der Waals surface area contributed by atoms with Crippen molar-refractivity contribution in [3.63, 3.8) is 0 Å². The minimum atomic E-state index is 0.0521. The van der Waals surface area contributed by atoms with E-state index in [0.717, 1.165) is 28.5 Å². The third kappa shape index (κ3) is 1.76. The summed E-state index contributed by atoms with van der Waals surface area (Å²) in [5.74, 6) is 0. The van der Waals surface area contributed by atoms with E-state index in [1.54, 1.807) is 6.20 Å². The second-order valence-electron chi connectivity index (χ2n) is 3.43. The lowest BCUT2D eigenvalue weighted by molar-refractivity contribution is 0.283. The highest BCUT2D eigenvalue weighted by Crippen LogP contribution is 2.21. The number of allylic oxidation sites excluding steroid dienone is 1. The van der Waals surface area contributed by atoms with Crippen LogP contribution in [0.5, 0.6) is 0 Å². The highest BCUT2D eigenvalue weighted by atomic mass is 16.3. The van der Waals surface area contributed by atoms with Crippen molar-refractivity contribution >= 4 is 10.9 Å². The Kier molecular flexibility index (Phi) is 2.79. The molecule has 0 unspecified atom stereocenters. The summed E-state index contributed by atoms with van der Waals surface area (Å²) in [5, 5.41) is 10.2. The summed E-state index contributed by atoms with van der Waals surface area (Å²) in [7, 11) is 0. The Morgan fingerprint density at radius 3 is 2.80 bits per heavy atom. The number of aliphatic hydroxyl groups excluding tert-OH is 1. The molecule has 1 N–H and O–H groups in total. The van der Waals surface area contributed by atoms with Gasteiger partial charge < -0.3 is 5.11 Å². The number of benzene rings is 1. The average Bonchev–Trinajstić information content (AvgIpc) is 2.30. The molecule has 0 radical (unpaired) electrons. The van der Waals surface area contributed by atoms with Crippen LogP contribution in [0.1, 0.15) is 11.1 Å². The van der Waals surface area contributed by atoms with Crippen molar-refractivity contribution < 1.29 is 5.11 Å². The van der Waals surface area contributed by atoms with Gasteiger partial charge in [-0.25, -0.2) is 0 Å². The fraction of sp³-hybridized carbons (Fsp3) is 0.154. The third-order valence-electron chi connectivity index (χ3n) is 2.48. The fourth-order valence-electron chi connectivity index (χ4n) is 1.75. The zero-order chi connectivity index (χ0) is 10.7. The van der Waals surface area contributed by atoms with Crippen molar-refractivity contribution in [2.24, 2.45) is 0 Å². The number of aliphatic hydroxyl groups is 1. The minimum Gasteiger partial charge on any atom is -0.392 e. The van der Waals surface area contributed by atoms with Crippen LogP contribution in [0.3, 0.4) is 0 Å². The van der Waals surface area contributed by atoms with Crippen LogP contribution in [0.15, 0.2) is 43.1 Å². The molecule has 2 aromatic rings. The molecule has 15 heavy (non-hydrogen) atoms. The van der Waals surface area contributed by atoms with E-state index < -0.39 is 0 Å². The first-order chi connectivity index (χ1) is 7.36. The lowest BCUT2D eigenvalue weighted by Gasteiger charge is -2.07. The summed E-state index contributed by atoms with van der Waals surface area (Å²) in [6.07, 6.45) is 4.44. The summed E-state index contributed by atoms with van der Waals surface area (Å²) in [6.45, 7) is 3.78. The molecule has 2 nitrogen and oxygen atoms in total. The standard InChI is InChI=1S/C13H13NO/c1-2-4-10-6-7-11(9-15)12-5-3-8-14-13(10)12/h2-3,5-8,15H,1,4,9H2. The van der Waals surface area contributed by atoms with Gasteiger partial charge in [0.15, 0.2) is 0 Å². The highest BCUT2D eigenvalue weighted by Gasteiger charge is 2.04. The van der Waals surface area contributed by atoms with Crippen molar-refractivity contribution in [3.05, 3.63) is 54.2 Å². The van der Waals surface area contributed by atoms with Crippen LogP contribution < -0.4 is 0 Å². The molecule has 2 heteroatoms. The number of aromatic nitrogens is 1. The molecule has 0 saturated heterocycles. The number of fused-ring (bicyclic) bond motifs is 1. The van der Waals surface area contributed by atoms with Crippen molar-refractivity contribution in [1.29, 1.82) is 0 Å². The fourth-order valence-corrected chi connectivity index (χ4v) is 1.75. The van der Waals surface area contributed by atoms with Gasteiger partial charge in [-0.2, -0.15) is 0 Å². The van der Waals surface area contributed by atoms with Crippen molar-refractivity contribution in [1.82, 2.24) is 4.98 Å². The van der Waals surface area contributed by atoms with Gasteiger partial charge in [0, 0.05) is 11.6 Å². The van der Waals surface area contributed by atoms with E-state index in [4.69, 9.17) is 0 Å². The molecule has 0 bridgehead atoms. The number of hydrogen-bond donors (Lipinski definition) is 1. The molecule has 1 aromatic carbocycles. The van der Waals surface area contributed by atoms with Gasteiger partial charge in [0.1, 0.15) is 0 Å². The molecule has 0 fully saturated rings. The maximum atomic E-state index is 9.21. The van der Waals surface area contributed by atoms with Crippen LogP contribution in [0.4, 0.5) is 0 Å². The van der Waals surface area contributed by atoms with E-state index in [1.165, 1.54) is 0 Å². The number of hydrogen-bond acceptors (Lipinski definition) is 2. The molecule has 1 aromatic heterocycles. The molecule has 76 valence electrons. The molecule has 0 aliphatic heterocycles. The number of nitrogens with zero attached hydrogens (tertiary/aromatic N) is 1. The van der Waals surface area contributed by atoms with Crippen LogP contribution >= 0.6 is 0 Å². The van der Waals surface area contributed by atoms with Crippen LogP contribution in [-0.4, -0.2) is 10.1 Å². The van der Waals surface area contributed by atoms with Gasteiger partial charge in [-0.05, 0) is 23.6 Å². The Hall–Kier alpha value is -1.67. The van der Waals surface area contributed by atoms with Crippen LogP contribution in [0, 0.1) is 0 Å². The first kappa shape index (κ1) is 9.87. The van der Waals surface area contributed by atoms with E-state index in [-0.39, 0.29) is 6.61 Å². The monoisotopic (exact) mass is 199 g/mol. The van der Waals surface area contributed by atoms with E-state index in [9.17, 15) is 5.11 Å². The molecule has 0 amide bonds. The summed E-state index contributed by atoms with van der Waals surface area (Å²) in [6, 6.07) is 7.82. The van der Waals surface area contributed by atoms with Gasteiger partial charge in [-0.1, -0.05) is 24.3 Å². The Morgan fingerprint density at radius 1 is 1.27 bits per heavy atom. The minimum absolute atomic E-state index is 0.0521. The Bertz CT molecular complexity index is 491. The van der Waals surface area contributed by atoms with E-state index in [0.29, 0.717) is 0 Å². The molecule has 0 spiro atoms. The van der Waals surface area contributed by atoms with Crippen molar-refractivity contribution in [2.75, 3.05) is 0 Å². The maximum Gasteiger partial charge on any atom is 0.0740 e. The lowest BCUT2D eigenvalue weighted by Crippen LogP contribution is -1.92.